The Bertz CT molecular complexity index is 987. The van der Waals surface area contributed by atoms with E-state index in [1.165, 1.54) is 19.3 Å². The van der Waals surface area contributed by atoms with Gasteiger partial charge in [0.15, 0.2) is 5.43 Å². The number of hydrogen-bond donors (Lipinski definition) is 1. The molecule has 26 heavy (non-hydrogen) atoms. The Kier molecular flexibility index (Phi) is 4.79. The van der Waals surface area contributed by atoms with Gasteiger partial charge in [-0.25, -0.2) is 0 Å². The lowest BCUT2D eigenvalue weighted by atomic mass is 10.0. The molecule has 136 valence electrons. The summed E-state index contributed by atoms with van der Waals surface area (Å²) in [5, 5.41) is 12.3. The van der Waals surface area contributed by atoms with Crippen LogP contribution in [0.25, 0.3) is 21.8 Å². The molecule has 1 saturated heterocycles. The highest BCUT2D eigenvalue weighted by atomic mass is 16.3. The first-order valence-electron chi connectivity index (χ1n) is 9.56. The van der Waals surface area contributed by atoms with E-state index in [2.05, 4.69) is 9.47 Å². The Hall–Kier alpha value is -2.17. The number of β-amino-alcohol motifs (C(OH)–C–C–N with tert-alkyl or cyclic N) is 1. The van der Waals surface area contributed by atoms with Crippen LogP contribution in [0.2, 0.25) is 0 Å². The molecule has 1 unspecified atom stereocenters. The highest BCUT2D eigenvalue weighted by Gasteiger charge is 2.18. The van der Waals surface area contributed by atoms with Gasteiger partial charge in [0.05, 0.1) is 23.7 Å². The number of rotatable bonds is 4. The van der Waals surface area contributed by atoms with Gasteiger partial charge in [0.2, 0.25) is 0 Å². The van der Waals surface area contributed by atoms with Gasteiger partial charge in [0.1, 0.15) is 0 Å². The number of aliphatic hydroxyl groups is 1. The maximum atomic E-state index is 13.0. The van der Waals surface area contributed by atoms with Crippen LogP contribution in [0.15, 0.2) is 47.3 Å². The van der Waals surface area contributed by atoms with E-state index < -0.39 is 6.10 Å². The van der Waals surface area contributed by atoms with E-state index in [0.717, 1.165) is 40.5 Å². The molecular weight excluding hydrogens is 324 g/mol. The molecule has 1 N–H and O–H groups in total. The summed E-state index contributed by atoms with van der Waals surface area (Å²) in [7, 11) is 0. The quantitative estimate of drug-likeness (QED) is 0.734. The molecule has 2 aromatic carbocycles. The fourth-order valence-electron chi connectivity index (χ4n) is 4.24. The summed E-state index contributed by atoms with van der Waals surface area (Å²) in [5.41, 5.74) is 2.87. The molecule has 3 aromatic rings. The van der Waals surface area contributed by atoms with Crippen LogP contribution in [-0.2, 0) is 6.54 Å². The topological polar surface area (TPSA) is 45.5 Å². The van der Waals surface area contributed by atoms with E-state index >= 15 is 0 Å². The number of aryl methyl sites for hydroxylation is 1. The molecule has 1 aromatic heterocycles. The van der Waals surface area contributed by atoms with Crippen LogP contribution in [0.4, 0.5) is 0 Å². The minimum Gasteiger partial charge on any atom is -0.390 e. The first-order chi connectivity index (χ1) is 12.6. The van der Waals surface area contributed by atoms with Crippen molar-refractivity contribution in [3.63, 3.8) is 0 Å². The van der Waals surface area contributed by atoms with Crippen LogP contribution in [-0.4, -0.2) is 40.3 Å². The molecule has 0 aliphatic carbocycles. The fourth-order valence-corrected chi connectivity index (χ4v) is 4.24. The van der Waals surface area contributed by atoms with Crippen molar-refractivity contribution in [2.75, 3.05) is 19.6 Å². The van der Waals surface area contributed by atoms with Gasteiger partial charge in [-0.2, -0.15) is 0 Å². The molecule has 0 bridgehead atoms. The highest BCUT2D eigenvalue weighted by Crippen LogP contribution is 2.22. The van der Waals surface area contributed by atoms with Gasteiger partial charge in [0.25, 0.3) is 0 Å². The standard InChI is InChI=1S/C22H26N2O2/c1-16-8-7-11-20-21(16)22(26)18-9-3-4-10-19(18)24(20)15-17(25)14-23-12-5-2-6-13-23/h3-4,7-11,17,25H,2,5-6,12-15H2,1H3. The third-order valence-electron chi connectivity index (χ3n) is 5.52. The number of fused-ring (bicyclic) bond motifs is 2. The first-order valence-corrected chi connectivity index (χ1v) is 9.56. The van der Waals surface area contributed by atoms with Gasteiger partial charge in [-0.15, -0.1) is 0 Å². The lowest BCUT2D eigenvalue weighted by Crippen LogP contribution is -2.38. The van der Waals surface area contributed by atoms with Crippen LogP contribution < -0.4 is 5.43 Å². The summed E-state index contributed by atoms with van der Waals surface area (Å²) in [5.74, 6) is 0. The number of benzene rings is 2. The number of hydrogen-bond acceptors (Lipinski definition) is 3. The molecule has 1 atom stereocenters. The average molecular weight is 350 g/mol. The third-order valence-corrected chi connectivity index (χ3v) is 5.52. The predicted molar refractivity (Wildman–Crippen MR) is 107 cm³/mol. The first kappa shape index (κ1) is 17.3. The number of aliphatic hydroxyl groups excluding tert-OH is 1. The van der Waals surface area contributed by atoms with Crippen molar-refractivity contribution in [3.8, 4) is 0 Å². The Balaban J connectivity index is 1.78. The van der Waals surface area contributed by atoms with E-state index in [1.54, 1.807) is 0 Å². The summed E-state index contributed by atoms with van der Waals surface area (Å²) < 4.78 is 2.12. The molecule has 0 saturated carbocycles. The molecule has 1 aliphatic heterocycles. The number of aromatic nitrogens is 1. The zero-order chi connectivity index (χ0) is 18.1. The Morgan fingerprint density at radius 1 is 0.962 bits per heavy atom. The zero-order valence-electron chi connectivity index (χ0n) is 15.3. The number of nitrogens with zero attached hydrogens (tertiary/aromatic N) is 2. The van der Waals surface area contributed by atoms with Crippen molar-refractivity contribution in [1.29, 1.82) is 0 Å². The van der Waals surface area contributed by atoms with Gasteiger partial charge in [0, 0.05) is 17.3 Å². The molecule has 4 nitrogen and oxygen atoms in total. The second-order valence-electron chi connectivity index (χ2n) is 7.44. The molecule has 4 heteroatoms. The third kappa shape index (κ3) is 3.15. The van der Waals surface area contributed by atoms with Crippen LogP contribution in [0.3, 0.4) is 0 Å². The molecule has 2 heterocycles. The van der Waals surface area contributed by atoms with Crippen LogP contribution in [0.1, 0.15) is 24.8 Å². The van der Waals surface area contributed by atoms with Crippen molar-refractivity contribution in [2.24, 2.45) is 0 Å². The van der Waals surface area contributed by atoms with Crippen LogP contribution in [0.5, 0.6) is 0 Å². The summed E-state index contributed by atoms with van der Waals surface area (Å²) >= 11 is 0. The van der Waals surface area contributed by atoms with Gasteiger partial charge in [-0.3, -0.25) is 4.79 Å². The minimum atomic E-state index is -0.456. The number of pyridine rings is 1. The summed E-state index contributed by atoms with van der Waals surface area (Å²) in [6, 6.07) is 13.7. The van der Waals surface area contributed by atoms with Crippen molar-refractivity contribution >= 4 is 21.8 Å². The number of piperidine rings is 1. The molecule has 1 fully saturated rings. The minimum absolute atomic E-state index is 0.0791. The molecule has 1 aliphatic rings. The molecule has 4 rings (SSSR count). The summed E-state index contributed by atoms with van der Waals surface area (Å²) in [4.78, 5) is 15.3. The van der Waals surface area contributed by atoms with E-state index in [4.69, 9.17) is 0 Å². The molecular formula is C22H26N2O2. The number of para-hydroxylation sites is 1. The monoisotopic (exact) mass is 350 g/mol. The lowest BCUT2D eigenvalue weighted by molar-refractivity contribution is 0.0900. The van der Waals surface area contributed by atoms with Gasteiger partial charge in [-0.05, 0) is 56.6 Å². The normalized spacial score (nSPS) is 17.0. The maximum absolute atomic E-state index is 13.0. The SMILES string of the molecule is Cc1cccc2c1c(=O)c1ccccc1n2CC(O)CN1CCCCC1. The Morgan fingerprint density at radius 2 is 1.69 bits per heavy atom. The fraction of sp³-hybridized carbons (Fsp3) is 0.409. The molecule has 0 amide bonds. The van der Waals surface area contributed by atoms with Gasteiger partial charge in [-0.1, -0.05) is 30.7 Å². The highest BCUT2D eigenvalue weighted by molar-refractivity contribution is 5.95. The largest absolute Gasteiger partial charge is 0.390 e. The van der Waals surface area contributed by atoms with Gasteiger partial charge < -0.3 is 14.6 Å². The van der Waals surface area contributed by atoms with E-state index in [0.29, 0.717) is 13.1 Å². The summed E-state index contributed by atoms with van der Waals surface area (Å²) in [6.45, 7) is 5.31. The second-order valence-corrected chi connectivity index (χ2v) is 7.44. The van der Waals surface area contributed by atoms with Crippen LogP contribution in [0, 0.1) is 6.92 Å². The van der Waals surface area contributed by atoms with Crippen molar-refractivity contribution in [3.05, 3.63) is 58.3 Å². The lowest BCUT2D eigenvalue weighted by Gasteiger charge is -2.29. The number of likely N-dealkylation sites (tertiary alicyclic amines) is 1. The van der Waals surface area contributed by atoms with E-state index in [1.807, 2.05) is 49.4 Å². The summed E-state index contributed by atoms with van der Waals surface area (Å²) in [6.07, 6.45) is 3.27. The van der Waals surface area contributed by atoms with E-state index in [-0.39, 0.29) is 5.43 Å². The van der Waals surface area contributed by atoms with Crippen LogP contribution >= 0.6 is 0 Å². The zero-order valence-corrected chi connectivity index (χ0v) is 15.3. The van der Waals surface area contributed by atoms with Crippen molar-refractivity contribution in [1.82, 2.24) is 9.47 Å². The molecule has 0 radical (unpaired) electrons. The smallest absolute Gasteiger partial charge is 0.197 e. The predicted octanol–water partition coefficient (Wildman–Crippen LogP) is 3.31. The van der Waals surface area contributed by atoms with E-state index in [9.17, 15) is 9.90 Å². The van der Waals surface area contributed by atoms with Gasteiger partial charge >= 0.3 is 0 Å². The average Bonchev–Trinajstić information content (AvgIpc) is 2.66. The second kappa shape index (κ2) is 7.22. The Morgan fingerprint density at radius 3 is 2.50 bits per heavy atom. The Labute approximate surface area is 153 Å². The molecule has 0 spiro atoms. The van der Waals surface area contributed by atoms with Crippen molar-refractivity contribution in [2.45, 2.75) is 38.8 Å². The van der Waals surface area contributed by atoms with Crippen molar-refractivity contribution < 1.29 is 5.11 Å². The maximum Gasteiger partial charge on any atom is 0.197 e.